The lowest BCUT2D eigenvalue weighted by molar-refractivity contribution is 0.725. The van der Waals surface area contributed by atoms with E-state index in [1.165, 1.54) is 0 Å². The largest absolute Gasteiger partial charge is 0.250 e. The number of hydrogen-bond donors (Lipinski definition) is 1. The molecule has 0 amide bonds. The van der Waals surface area contributed by atoms with Crippen LogP contribution >= 0.6 is 23.8 Å². The third-order valence-corrected chi connectivity index (χ3v) is 3.22. The molecule has 0 saturated heterocycles. The van der Waals surface area contributed by atoms with E-state index in [1.807, 2.05) is 24.3 Å². The molecule has 0 bridgehead atoms. The molecule has 1 aromatic heterocycles. The zero-order valence-electron chi connectivity index (χ0n) is 8.85. The number of halogens is 1. The van der Waals surface area contributed by atoms with Gasteiger partial charge in [0.1, 0.15) is 0 Å². The molecule has 1 aliphatic rings. The molecule has 6 heteroatoms. The molecule has 0 spiro atoms. The van der Waals surface area contributed by atoms with E-state index < -0.39 is 0 Å². The van der Waals surface area contributed by atoms with Crippen molar-refractivity contribution < 1.29 is 0 Å². The van der Waals surface area contributed by atoms with Gasteiger partial charge in [-0.1, -0.05) is 23.7 Å². The zero-order valence-corrected chi connectivity index (χ0v) is 10.4. The third-order valence-electron chi connectivity index (χ3n) is 2.70. The van der Waals surface area contributed by atoms with Crippen LogP contribution in [0.25, 0.3) is 0 Å². The van der Waals surface area contributed by atoms with Crippen LogP contribution in [0, 0.1) is 4.77 Å². The van der Waals surface area contributed by atoms with Crippen molar-refractivity contribution in [2.24, 2.45) is 5.10 Å². The number of nitrogens with one attached hydrogen (secondary N) is 1. The lowest BCUT2D eigenvalue weighted by Gasteiger charge is -2.12. The van der Waals surface area contributed by atoms with Crippen molar-refractivity contribution >= 4 is 29.5 Å². The minimum atomic E-state index is 0.533. The van der Waals surface area contributed by atoms with Crippen LogP contribution in [0.2, 0.25) is 5.02 Å². The topological polar surface area (TPSA) is 46.0 Å². The first-order chi connectivity index (χ1) is 8.24. The number of aromatic amines is 1. The maximum Gasteiger partial charge on any atom is 0.216 e. The van der Waals surface area contributed by atoms with E-state index in [4.69, 9.17) is 23.8 Å². The van der Waals surface area contributed by atoms with Gasteiger partial charge >= 0.3 is 0 Å². The molecule has 2 aromatic rings. The van der Waals surface area contributed by atoms with Crippen molar-refractivity contribution in [3.63, 3.8) is 0 Å². The van der Waals surface area contributed by atoms with Gasteiger partial charge in [-0.05, 0) is 36.3 Å². The summed E-state index contributed by atoms with van der Waals surface area (Å²) in [5.41, 5.74) is 2.08. The summed E-state index contributed by atoms with van der Waals surface area (Å²) in [6, 6.07) is 7.67. The fraction of sp³-hybridized carbons (Fsp3) is 0.182. The average molecular weight is 265 g/mol. The molecule has 3 rings (SSSR count). The molecule has 86 valence electrons. The summed E-state index contributed by atoms with van der Waals surface area (Å²) in [5, 5.41) is 12.1. The summed E-state index contributed by atoms with van der Waals surface area (Å²) < 4.78 is 2.22. The highest BCUT2D eigenvalue weighted by atomic mass is 35.5. The smallest absolute Gasteiger partial charge is 0.216 e. The molecule has 1 aromatic carbocycles. The molecule has 0 saturated carbocycles. The second-order valence-electron chi connectivity index (χ2n) is 3.81. The minimum absolute atomic E-state index is 0.533. The second kappa shape index (κ2) is 4.09. The second-order valence-corrected chi connectivity index (χ2v) is 4.63. The van der Waals surface area contributed by atoms with Crippen LogP contribution in [0.4, 0.5) is 0 Å². The van der Waals surface area contributed by atoms with E-state index >= 15 is 0 Å². The highest BCUT2D eigenvalue weighted by Crippen LogP contribution is 2.16. The van der Waals surface area contributed by atoms with Crippen LogP contribution in [-0.2, 0) is 6.42 Å². The Kier molecular flexibility index (Phi) is 2.57. The van der Waals surface area contributed by atoms with E-state index in [0.29, 0.717) is 4.77 Å². The van der Waals surface area contributed by atoms with E-state index in [1.54, 1.807) is 4.68 Å². The average Bonchev–Trinajstić information content (AvgIpc) is 2.72. The Morgan fingerprint density at radius 1 is 1.24 bits per heavy atom. The molecule has 0 fully saturated rings. The van der Waals surface area contributed by atoms with E-state index in [-0.39, 0.29) is 0 Å². The number of hydrogen-bond acceptors (Lipinski definition) is 3. The van der Waals surface area contributed by atoms with Gasteiger partial charge in [0.05, 0.1) is 5.71 Å². The first-order valence-electron chi connectivity index (χ1n) is 5.24. The zero-order chi connectivity index (χ0) is 11.8. The number of benzene rings is 1. The molecular weight excluding hydrogens is 256 g/mol. The quantitative estimate of drug-likeness (QED) is 0.805. The highest BCUT2D eigenvalue weighted by Gasteiger charge is 2.15. The molecule has 17 heavy (non-hydrogen) atoms. The Labute approximate surface area is 108 Å². The summed E-state index contributed by atoms with van der Waals surface area (Å²) in [5.74, 6) is 0.882. The maximum atomic E-state index is 5.86. The Hall–Kier alpha value is -1.46. The van der Waals surface area contributed by atoms with E-state index in [2.05, 4.69) is 15.3 Å². The summed E-state index contributed by atoms with van der Waals surface area (Å²) in [6.07, 6.45) is 1.70. The van der Waals surface area contributed by atoms with Gasteiger partial charge in [-0.3, -0.25) is 5.10 Å². The van der Waals surface area contributed by atoms with Crippen molar-refractivity contribution in [3.05, 3.63) is 45.4 Å². The van der Waals surface area contributed by atoms with Crippen molar-refractivity contribution in [2.75, 3.05) is 0 Å². The molecule has 0 unspecified atom stereocenters. The van der Waals surface area contributed by atoms with Crippen LogP contribution in [0.15, 0.2) is 29.4 Å². The molecule has 2 heterocycles. The number of nitrogens with zero attached hydrogens (tertiary/aromatic N) is 3. The van der Waals surface area contributed by atoms with Crippen LogP contribution in [0.5, 0.6) is 0 Å². The van der Waals surface area contributed by atoms with Crippen LogP contribution in [-0.4, -0.2) is 20.6 Å². The van der Waals surface area contributed by atoms with Crippen molar-refractivity contribution in [1.82, 2.24) is 14.9 Å². The molecule has 1 N–H and O–H groups in total. The maximum absolute atomic E-state index is 5.86. The first kappa shape index (κ1) is 10.7. The van der Waals surface area contributed by atoms with Gasteiger partial charge in [-0.15, -0.1) is 0 Å². The standard InChI is InChI=1S/C11H9ClN4S/c12-8-3-1-7(2-4-8)9-5-6-10-13-14-11(17)16(10)15-9/h1-4H,5-6H2,(H,14,17). The summed E-state index contributed by atoms with van der Waals surface area (Å²) in [7, 11) is 0. The van der Waals surface area contributed by atoms with E-state index in [9.17, 15) is 0 Å². The number of H-pyrrole nitrogens is 1. The first-order valence-corrected chi connectivity index (χ1v) is 6.03. The third kappa shape index (κ3) is 1.92. The summed E-state index contributed by atoms with van der Waals surface area (Å²) in [6.45, 7) is 0. The van der Waals surface area contributed by atoms with Crippen molar-refractivity contribution in [3.8, 4) is 0 Å². The molecular formula is C11H9ClN4S. The van der Waals surface area contributed by atoms with Crippen molar-refractivity contribution in [2.45, 2.75) is 12.8 Å². The molecule has 0 atom stereocenters. The fourth-order valence-electron chi connectivity index (χ4n) is 1.83. The summed E-state index contributed by atoms with van der Waals surface area (Å²) >= 11 is 11.0. The normalized spacial score (nSPS) is 14.3. The minimum Gasteiger partial charge on any atom is -0.250 e. The van der Waals surface area contributed by atoms with Crippen LogP contribution in [0.1, 0.15) is 17.8 Å². The molecule has 0 aliphatic carbocycles. The van der Waals surface area contributed by atoms with Gasteiger partial charge in [-0.2, -0.15) is 14.9 Å². The number of fused-ring (bicyclic) bond motifs is 1. The van der Waals surface area contributed by atoms with Crippen LogP contribution in [0.3, 0.4) is 0 Å². The Balaban J connectivity index is 2.06. The number of aryl methyl sites for hydroxylation is 1. The Morgan fingerprint density at radius 3 is 2.76 bits per heavy atom. The summed E-state index contributed by atoms with van der Waals surface area (Å²) in [4.78, 5) is 0. The van der Waals surface area contributed by atoms with Gasteiger partial charge in [0.2, 0.25) is 4.77 Å². The van der Waals surface area contributed by atoms with Crippen LogP contribution < -0.4 is 0 Å². The number of aromatic nitrogens is 3. The Bertz CT molecular complexity index is 638. The SMILES string of the molecule is S=c1[nH]nc2n1N=C(c1ccc(Cl)cc1)CC2. The predicted molar refractivity (Wildman–Crippen MR) is 69.1 cm³/mol. The lowest BCUT2D eigenvalue weighted by atomic mass is 10.0. The van der Waals surface area contributed by atoms with Gasteiger partial charge in [0.15, 0.2) is 5.82 Å². The van der Waals surface area contributed by atoms with Gasteiger partial charge < -0.3 is 0 Å². The molecule has 4 nitrogen and oxygen atoms in total. The lowest BCUT2D eigenvalue weighted by Crippen LogP contribution is -2.14. The van der Waals surface area contributed by atoms with E-state index in [0.717, 1.165) is 35.0 Å². The molecule has 0 radical (unpaired) electrons. The molecule has 1 aliphatic heterocycles. The van der Waals surface area contributed by atoms with Crippen molar-refractivity contribution in [1.29, 1.82) is 0 Å². The monoisotopic (exact) mass is 264 g/mol. The Morgan fingerprint density at radius 2 is 2.00 bits per heavy atom. The highest BCUT2D eigenvalue weighted by molar-refractivity contribution is 7.71. The van der Waals surface area contributed by atoms with Gasteiger partial charge in [-0.25, -0.2) is 0 Å². The van der Waals surface area contributed by atoms with Gasteiger partial charge in [0, 0.05) is 11.4 Å². The fourth-order valence-corrected chi connectivity index (χ4v) is 2.15. The number of rotatable bonds is 1. The predicted octanol–water partition coefficient (Wildman–Crippen LogP) is 2.79. The van der Waals surface area contributed by atoms with Gasteiger partial charge in [0.25, 0.3) is 0 Å².